The Morgan fingerprint density at radius 1 is 0.531 bits per heavy atom. The second-order valence-electron chi connectivity index (χ2n) is 10.8. The van der Waals surface area contributed by atoms with Crippen LogP contribution in [0.4, 0.5) is 0 Å². The highest BCUT2D eigenvalue weighted by atomic mass is 16.8. The summed E-state index contributed by atoms with van der Waals surface area (Å²) in [5.74, 6) is -1.05. The molecule has 0 aromatic heterocycles. The molecule has 4 unspecified atom stereocenters. The van der Waals surface area contributed by atoms with Gasteiger partial charge in [-0.25, -0.2) is 0 Å². The summed E-state index contributed by atoms with van der Waals surface area (Å²) < 4.78 is 50.8. The van der Waals surface area contributed by atoms with Crippen LogP contribution in [0.25, 0.3) is 0 Å². The van der Waals surface area contributed by atoms with Crippen molar-refractivity contribution in [1.29, 1.82) is 0 Å². The Morgan fingerprint density at radius 2 is 0.875 bits per heavy atom. The van der Waals surface area contributed by atoms with Crippen molar-refractivity contribution in [2.45, 2.75) is 125 Å². The number of ether oxygens (including phenoxy) is 8. The molecule has 7 aliphatic rings. The third kappa shape index (κ3) is 3.85. The van der Waals surface area contributed by atoms with E-state index in [9.17, 15) is 0 Å². The Hall–Kier alpha value is -0.320. The van der Waals surface area contributed by atoms with E-state index in [-0.39, 0.29) is 48.8 Å². The summed E-state index contributed by atoms with van der Waals surface area (Å²) in [5, 5.41) is 0. The van der Waals surface area contributed by atoms with Crippen molar-refractivity contribution >= 4 is 0 Å². The van der Waals surface area contributed by atoms with Crippen molar-refractivity contribution in [2.24, 2.45) is 0 Å². The first kappa shape index (κ1) is 21.0. The summed E-state index contributed by atoms with van der Waals surface area (Å²) in [6.07, 6.45) is 9.71. The first-order chi connectivity index (χ1) is 15.7. The molecule has 0 amide bonds. The van der Waals surface area contributed by atoms with Crippen LogP contribution in [0.3, 0.4) is 0 Å². The predicted octanol–water partition coefficient (Wildman–Crippen LogP) is 2.46. The van der Waals surface area contributed by atoms with Crippen LogP contribution in [0, 0.1) is 0 Å². The highest BCUT2D eigenvalue weighted by Crippen LogP contribution is 2.52. The maximum absolute atomic E-state index is 6.76. The van der Waals surface area contributed by atoms with Crippen molar-refractivity contribution in [3.05, 3.63) is 0 Å². The summed E-state index contributed by atoms with van der Waals surface area (Å²) >= 11 is 0. The zero-order valence-corrected chi connectivity index (χ0v) is 18.8. The van der Waals surface area contributed by atoms with Gasteiger partial charge < -0.3 is 37.9 Å². The number of epoxide rings is 2. The maximum atomic E-state index is 6.76. The van der Waals surface area contributed by atoms with E-state index >= 15 is 0 Å². The summed E-state index contributed by atoms with van der Waals surface area (Å²) in [6, 6.07) is 0. The van der Waals surface area contributed by atoms with E-state index < -0.39 is 11.6 Å². The highest BCUT2D eigenvalue weighted by molar-refractivity contribution is 5.11. The number of rotatable bonds is 6. The normalized spacial score (nSPS) is 48.0. The van der Waals surface area contributed by atoms with E-state index in [1.165, 1.54) is 12.8 Å². The molecular formula is C24H36O8. The van der Waals surface area contributed by atoms with Gasteiger partial charge in [-0.15, -0.1) is 0 Å². The van der Waals surface area contributed by atoms with Gasteiger partial charge in [0.25, 0.3) is 0 Å². The summed E-state index contributed by atoms with van der Waals surface area (Å²) in [7, 11) is 0. The SMILES string of the molecule is C1CCC2(CC1)O[C@@H]1C(OCC3CO3)[C@@H]3OC4(CCCCC4)O[C@H]3C(OCC3CO3)[C@@H]1O2. The molecule has 8 atom stereocenters. The Kier molecular flexibility index (Phi) is 5.33. The molecule has 32 heavy (non-hydrogen) atoms. The second-order valence-corrected chi connectivity index (χ2v) is 10.8. The van der Waals surface area contributed by atoms with Gasteiger partial charge in [-0.2, -0.15) is 0 Å². The smallest absolute Gasteiger partial charge is 0.169 e. The lowest BCUT2D eigenvalue weighted by Gasteiger charge is -2.42. The zero-order chi connectivity index (χ0) is 21.2. The number of hydrogen-bond acceptors (Lipinski definition) is 8. The topological polar surface area (TPSA) is 80.4 Å². The molecule has 7 rings (SSSR count). The maximum Gasteiger partial charge on any atom is 0.169 e. The molecule has 0 aromatic rings. The third-order valence-corrected chi connectivity index (χ3v) is 8.33. The van der Waals surface area contributed by atoms with Crippen LogP contribution in [-0.4, -0.2) is 86.8 Å². The quantitative estimate of drug-likeness (QED) is 0.569. The van der Waals surface area contributed by atoms with E-state index in [4.69, 9.17) is 37.9 Å². The summed E-state index contributed by atoms with van der Waals surface area (Å²) in [4.78, 5) is 0. The predicted molar refractivity (Wildman–Crippen MR) is 110 cm³/mol. The molecule has 0 aromatic carbocycles. The van der Waals surface area contributed by atoms with Gasteiger partial charge in [0.15, 0.2) is 11.6 Å². The Labute approximate surface area is 189 Å². The van der Waals surface area contributed by atoms with Gasteiger partial charge in [0.2, 0.25) is 0 Å². The van der Waals surface area contributed by atoms with Crippen LogP contribution in [0.2, 0.25) is 0 Å². The van der Waals surface area contributed by atoms with Crippen LogP contribution in [0.5, 0.6) is 0 Å². The molecule has 4 saturated heterocycles. The summed E-state index contributed by atoms with van der Waals surface area (Å²) in [6.45, 7) is 2.66. The first-order valence-corrected chi connectivity index (χ1v) is 12.9. The number of hydrogen-bond donors (Lipinski definition) is 0. The molecule has 2 spiro atoms. The Balaban J connectivity index is 1.19. The molecule has 8 heteroatoms. The van der Waals surface area contributed by atoms with Crippen molar-refractivity contribution in [3.8, 4) is 0 Å². The second kappa shape index (κ2) is 8.12. The van der Waals surface area contributed by atoms with Gasteiger partial charge in [-0.05, 0) is 25.7 Å². The van der Waals surface area contributed by atoms with Crippen molar-refractivity contribution in [2.75, 3.05) is 26.4 Å². The van der Waals surface area contributed by atoms with Gasteiger partial charge in [0.1, 0.15) is 48.8 Å². The lowest BCUT2D eigenvalue weighted by molar-refractivity contribution is -0.228. The van der Waals surface area contributed by atoms with Gasteiger partial charge in [0.05, 0.1) is 26.4 Å². The van der Waals surface area contributed by atoms with Gasteiger partial charge >= 0.3 is 0 Å². The molecular weight excluding hydrogens is 416 g/mol. The molecule has 3 aliphatic carbocycles. The lowest BCUT2D eigenvalue weighted by atomic mass is 9.84. The molecule has 0 bridgehead atoms. The monoisotopic (exact) mass is 452 g/mol. The van der Waals surface area contributed by atoms with E-state index in [1.54, 1.807) is 0 Å². The van der Waals surface area contributed by atoms with Crippen molar-refractivity contribution in [3.63, 3.8) is 0 Å². The third-order valence-electron chi connectivity index (χ3n) is 8.33. The van der Waals surface area contributed by atoms with Gasteiger partial charge in [-0.3, -0.25) is 0 Å². The highest BCUT2D eigenvalue weighted by Gasteiger charge is 2.67. The molecule has 180 valence electrons. The van der Waals surface area contributed by atoms with Crippen LogP contribution in [0.1, 0.15) is 64.2 Å². The minimum Gasteiger partial charge on any atom is -0.371 e. The minimum atomic E-state index is -0.524. The van der Waals surface area contributed by atoms with Gasteiger partial charge in [-0.1, -0.05) is 12.8 Å². The first-order valence-electron chi connectivity index (χ1n) is 12.9. The molecule has 8 nitrogen and oxygen atoms in total. The van der Waals surface area contributed by atoms with E-state index in [2.05, 4.69) is 0 Å². The lowest BCUT2D eigenvalue weighted by Crippen LogP contribution is -2.63. The molecule has 0 N–H and O–H groups in total. The minimum absolute atomic E-state index is 0.185. The van der Waals surface area contributed by atoms with Gasteiger partial charge in [0, 0.05) is 25.7 Å². The molecule has 0 radical (unpaired) electrons. The largest absolute Gasteiger partial charge is 0.371 e. The summed E-state index contributed by atoms with van der Waals surface area (Å²) in [5.41, 5.74) is 0. The Morgan fingerprint density at radius 3 is 1.19 bits per heavy atom. The van der Waals surface area contributed by atoms with Crippen LogP contribution in [0.15, 0.2) is 0 Å². The van der Waals surface area contributed by atoms with E-state index in [0.717, 1.165) is 64.6 Å². The van der Waals surface area contributed by atoms with E-state index in [0.29, 0.717) is 13.2 Å². The van der Waals surface area contributed by atoms with Crippen LogP contribution >= 0.6 is 0 Å². The van der Waals surface area contributed by atoms with Crippen molar-refractivity contribution in [1.82, 2.24) is 0 Å². The fourth-order valence-electron chi connectivity index (χ4n) is 6.50. The fraction of sp³-hybridized carbons (Fsp3) is 1.00. The Bertz CT molecular complexity index is 595. The standard InChI is InChI=1S/C24H36O8/c1-3-7-23(8-4-1)29-19-17(27-13-15-11-25-15)21-22(32-24(31-21)9-5-2-6-10-24)18(20(19)30-23)28-14-16-12-26-16/h15-22H,1-14H2/t15?,16?,17?,18?,19-,20-,21-,22+/m0/s1. The molecule has 3 saturated carbocycles. The molecule has 4 aliphatic heterocycles. The van der Waals surface area contributed by atoms with Crippen molar-refractivity contribution < 1.29 is 37.9 Å². The van der Waals surface area contributed by atoms with Crippen LogP contribution < -0.4 is 0 Å². The number of fused-ring (bicyclic) bond motifs is 2. The molecule has 7 fully saturated rings. The fourth-order valence-corrected chi connectivity index (χ4v) is 6.50. The molecule has 4 heterocycles. The zero-order valence-electron chi connectivity index (χ0n) is 18.8. The average Bonchev–Trinajstić information content (AvgIpc) is 3.73. The van der Waals surface area contributed by atoms with E-state index in [1.807, 2.05) is 0 Å². The average molecular weight is 453 g/mol. The van der Waals surface area contributed by atoms with Crippen LogP contribution in [-0.2, 0) is 37.9 Å².